The standard InChI is InChI=1S/C15H22ClNO.C12H13ClF3NO/c1-5-17(14(18)10-16)11-12-6-8-13(9-7-12)15(2,3)4;1-2-17(11(18)7-13)8-9-3-5-10(6-4-9)12(14,15)16/h6-9H,5,10-11H2,1-4H3;3-6H,2,7-8H2,1H3. The quantitative estimate of drug-likeness (QED) is 0.339. The average molecular weight is 547 g/mol. The van der Waals surface area contributed by atoms with E-state index >= 15 is 0 Å². The topological polar surface area (TPSA) is 40.6 Å². The van der Waals surface area contributed by atoms with Crippen molar-refractivity contribution < 1.29 is 22.8 Å². The summed E-state index contributed by atoms with van der Waals surface area (Å²) in [7, 11) is 0. The smallest absolute Gasteiger partial charge is 0.338 e. The Morgan fingerprint density at radius 2 is 1.03 bits per heavy atom. The fraction of sp³-hybridized carbons (Fsp3) is 0.481. The fourth-order valence-electron chi connectivity index (χ4n) is 3.27. The summed E-state index contributed by atoms with van der Waals surface area (Å²) in [5.74, 6) is -0.333. The molecule has 0 aliphatic carbocycles. The second-order valence-electron chi connectivity index (χ2n) is 9.22. The molecule has 0 aliphatic rings. The van der Waals surface area contributed by atoms with Gasteiger partial charge < -0.3 is 9.80 Å². The largest absolute Gasteiger partial charge is 0.416 e. The van der Waals surface area contributed by atoms with Crippen LogP contribution in [-0.2, 0) is 34.3 Å². The number of nitrogens with zero attached hydrogens (tertiary/aromatic N) is 2. The van der Waals surface area contributed by atoms with Crippen molar-refractivity contribution in [3.05, 3.63) is 70.8 Å². The van der Waals surface area contributed by atoms with E-state index in [1.807, 2.05) is 6.92 Å². The number of alkyl halides is 5. The molecule has 0 spiro atoms. The highest BCUT2D eigenvalue weighted by Crippen LogP contribution is 2.29. The van der Waals surface area contributed by atoms with E-state index in [9.17, 15) is 22.8 Å². The van der Waals surface area contributed by atoms with Crippen LogP contribution in [0.15, 0.2) is 48.5 Å². The Morgan fingerprint density at radius 3 is 1.28 bits per heavy atom. The molecule has 2 aromatic rings. The summed E-state index contributed by atoms with van der Waals surface area (Å²) in [4.78, 5) is 26.2. The molecule has 2 amide bonds. The zero-order valence-electron chi connectivity index (χ0n) is 21.5. The van der Waals surface area contributed by atoms with Crippen LogP contribution in [0, 0.1) is 0 Å². The summed E-state index contributed by atoms with van der Waals surface area (Å²) in [5, 5.41) is 0. The third kappa shape index (κ3) is 10.4. The highest BCUT2D eigenvalue weighted by Gasteiger charge is 2.30. The van der Waals surface area contributed by atoms with Crippen LogP contribution in [0.3, 0.4) is 0 Å². The second-order valence-corrected chi connectivity index (χ2v) is 9.76. The number of hydrogen-bond acceptors (Lipinski definition) is 2. The minimum atomic E-state index is -4.34. The fourth-order valence-corrected chi connectivity index (χ4v) is 3.61. The predicted octanol–water partition coefficient (Wildman–Crippen LogP) is 6.86. The SMILES string of the molecule is CCN(Cc1ccc(C(C)(C)C)cc1)C(=O)CCl.CCN(Cc1ccc(C(F)(F)F)cc1)C(=O)CCl. The predicted molar refractivity (Wildman–Crippen MR) is 140 cm³/mol. The van der Waals surface area contributed by atoms with E-state index in [0.29, 0.717) is 25.2 Å². The van der Waals surface area contributed by atoms with Gasteiger partial charge in [-0.2, -0.15) is 13.2 Å². The molecule has 200 valence electrons. The Bertz CT molecular complexity index is 877. The molecule has 0 aromatic heterocycles. The molecule has 0 radical (unpaired) electrons. The summed E-state index contributed by atoms with van der Waals surface area (Å²) < 4.78 is 37.0. The van der Waals surface area contributed by atoms with E-state index in [-0.39, 0.29) is 35.5 Å². The van der Waals surface area contributed by atoms with Crippen LogP contribution in [-0.4, -0.2) is 46.5 Å². The van der Waals surface area contributed by atoms with Gasteiger partial charge in [0.1, 0.15) is 11.8 Å². The van der Waals surface area contributed by atoms with Crippen molar-refractivity contribution in [2.75, 3.05) is 24.8 Å². The van der Waals surface area contributed by atoms with Gasteiger partial charge in [0.25, 0.3) is 0 Å². The van der Waals surface area contributed by atoms with Crippen LogP contribution < -0.4 is 0 Å². The maximum Gasteiger partial charge on any atom is 0.416 e. The average Bonchev–Trinajstić information content (AvgIpc) is 2.84. The molecule has 0 atom stereocenters. The Kier molecular flexibility index (Phi) is 12.8. The lowest BCUT2D eigenvalue weighted by molar-refractivity contribution is -0.137. The molecule has 0 saturated carbocycles. The lowest BCUT2D eigenvalue weighted by Crippen LogP contribution is -2.31. The molecule has 0 bridgehead atoms. The van der Waals surface area contributed by atoms with Gasteiger partial charge in [0.15, 0.2) is 0 Å². The van der Waals surface area contributed by atoms with Crippen molar-refractivity contribution in [3.63, 3.8) is 0 Å². The number of benzene rings is 2. The molecule has 2 rings (SSSR count). The summed E-state index contributed by atoms with van der Waals surface area (Å²) in [6, 6.07) is 13.2. The molecular weight excluding hydrogens is 512 g/mol. The number of amides is 2. The first kappa shape index (κ1) is 31.8. The van der Waals surface area contributed by atoms with Gasteiger partial charge in [0.2, 0.25) is 11.8 Å². The first-order chi connectivity index (χ1) is 16.8. The van der Waals surface area contributed by atoms with Gasteiger partial charge in [-0.05, 0) is 48.1 Å². The minimum absolute atomic E-state index is 0.0148. The third-order valence-corrected chi connectivity index (χ3v) is 6.00. The van der Waals surface area contributed by atoms with Crippen LogP contribution in [0.4, 0.5) is 13.2 Å². The molecule has 36 heavy (non-hydrogen) atoms. The summed E-state index contributed by atoms with van der Waals surface area (Å²) >= 11 is 11.0. The third-order valence-electron chi connectivity index (χ3n) is 5.55. The summed E-state index contributed by atoms with van der Waals surface area (Å²) in [6.07, 6.45) is -4.34. The van der Waals surface area contributed by atoms with Crippen LogP contribution in [0.1, 0.15) is 56.9 Å². The van der Waals surface area contributed by atoms with Crippen LogP contribution in [0.25, 0.3) is 0 Å². The molecule has 2 aromatic carbocycles. The summed E-state index contributed by atoms with van der Waals surface area (Å²) in [6.45, 7) is 12.4. The van der Waals surface area contributed by atoms with Gasteiger partial charge in [0.05, 0.1) is 5.56 Å². The second kappa shape index (κ2) is 14.5. The van der Waals surface area contributed by atoms with Crippen LogP contribution in [0.2, 0.25) is 0 Å². The van der Waals surface area contributed by atoms with Crippen molar-refractivity contribution in [2.45, 2.75) is 59.3 Å². The van der Waals surface area contributed by atoms with E-state index in [1.165, 1.54) is 22.6 Å². The van der Waals surface area contributed by atoms with E-state index in [0.717, 1.165) is 17.7 Å². The van der Waals surface area contributed by atoms with Gasteiger partial charge in [-0.15, -0.1) is 23.2 Å². The van der Waals surface area contributed by atoms with E-state index in [2.05, 4.69) is 45.0 Å². The maximum absolute atomic E-state index is 12.3. The van der Waals surface area contributed by atoms with Crippen molar-refractivity contribution in [1.82, 2.24) is 9.80 Å². The van der Waals surface area contributed by atoms with Gasteiger partial charge in [-0.25, -0.2) is 0 Å². The number of halogens is 5. The molecular formula is C27H35Cl2F3N2O2. The Hall–Kier alpha value is -2.25. The van der Waals surface area contributed by atoms with E-state index in [1.54, 1.807) is 11.8 Å². The molecule has 0 aliphatic heterocycles. The molecule has 0 unspecified atom stereocenters. The monoisotopic (exact) mass is 546 g/mol. The van der Waals surface area contributed by atoms with Crippen LogP contribution >= 0.6 is 23.2 Å². The molecule has 0 fully saturated rings. The first-order valence-electron chi connectivity index (χ1n) is 11.7. The zero-order valence-corrected chi connectivity index (χ0v) is 23.0. The Balaban J connectivity index is 0.000000360. The number of hydrogen-bond donors (Lipinski definition) is 0. The van der Waals surface area contributed by atoms with Gasteiger partial charge in [-0.3, -0.25) is 9.59 Å². The van der Waals surface area contributed by atoms with Crippen molar-refractivity contribution in [1.29, 1.82) is 0 Å². The van der Waals surface area contributed by atoms with Crippen molar-refractivity contribution in [3.8, 4) is 0 Å². The minimum Gasteiger partial charge on any atom is -0.338 e. The van der Waals surface area contributed by atoms with Gasteiger partial charge in [0, 0.05) is 26.2 Å². The van der Waals surface area contributed by atoms with E-state index < -0.39 is 11.7 Å². The highest BCUT2D eigenvalue weighted by atomic mass is 35.5. The molecule has 9 heteroatoms. The lowest BCUT2D eigenvalue weighted by atomic mass is 9.87. The number of rotatable bonds is 8. The first-order valence-corrected chi connectivity index (χ1v) is 12.8. The van der Waals surface area contributed by atoms with Gasteiger partial charge >= 0.3 is 6.18 Å². The van der Waals surface area contributed by atoms with E-state index in [4.69, 9.17) is 23.2 Å². The van der Waals surface area contributed by atoms with Crippen molar-refractivity contribution >= 4 is 35.0 Å². The lowest BCUT2D eigenvalue weighted by Gasteiger charge is -2.22. The summed E-state index contributed by atoms with van der Waals surface area (Å²) in [5.41, 5.74) is 2.55. The molecule has 0 heterocycles. The normalized spacial score (nSPS) is 11.4. The highest BCUT2D eigenvalue weighted by molar-refractivity contribution is 6.27. The Labute approximate surface area is 222 Å². The molecule has 0 N–H and O–H groups in total. The molecule has 0 saturated heterocycles. The zero-order chi connectivity index (χ0) is 27.5. The Morgan fingerprint density at radius 1 is 0.694 bits per heavy atom. The van der Waals surface area contributed by atoms with Gasteiger partial charge in [-0.1, -0.05) is 57.2 Å². The number of carbonyl (C=O) groups is 2. The number of carbonyl (C=O) groups excluding carboxylic acids is 2. The van der Waals surface area contributed by atoms with Crippen LogP contribution in [0.5, 0.6) is 0 Å². The molecule has 4 nitrogen and oxygen atoms in total. The maximum atomic E-state index is 12.3. The van der Waals surface area contributed by atoms with Crippen molar-refractivity contribution in [2.24, 2.45) is 0 Å².